The molecule has 17 heteroatoms. The van der Waals surface area contributed by atoms with Crippen molar-refractivity contribution in [3.05, 3.63) is 226 Å². The lowest BCUT2D eigenvalue weighted by Crippen LogP contribution is -2.27. The Labute approximate surface area is 459 Å². The lowest BCUT2D eigenvalue weighted by Gasteiger charge is -2.20. The number of carbonyl (C=O) groups excluding carboxylic acids is 2. The van der Waals surface area contributed by atoms with Crippen LogP contribution < -0.4 is 33.2 Å². The minimum Gasteiger partial charge on any atom is -0.368 e. The van der Waals surface area contributed by atoms with Gasteiger partial charge in [0, 0.05) is 32.7 Å². The smallest absolute Gasteiger partial charge is 0.274 e. The lowest BCUT2D eigenvalue weighted by molar-refractivity contribution is 0.0716. The number of carbonyl (C=O) groups is 2. The summed E-state index contributed by atoms with van der Waals surface area (Å²) in [6.07, 6.45) is 3.92. The van der Waals surface area contributed by atoms with E-state index in [1.807, 2.05) is 84.9 Å². The van der Waals surface area contributed by atoms with Crippen molar-refractivity contribution in [2.24, 2.45) is 29.0 Å². The number of halogens is 2. The van der Waals surface area contributed by atoms with Crippen LogP contribution in [-0.2, 0) is 16.0 Å². The highest BCUT2D eigenvalue weighted by atomic mass is 19.1. The Hall–Kier alpha value is -8.21. The largest absolute Gasteiger partial charge is 0.368 e. The van der Waals surface area contributed by atoms with Crippen molar-refractivity contribution in [1.29, 1.82) is 5.26 Å². The molecule has 2 fully saturated rings. The van der Waals surface area contributed by atoms with E-state index in [-0.39, 0.29) is 29.3 Å². The topological polar surface area (TPSA) is 226 Å². The summed E-state index contributed by atoms with van der Waals surface area (Å²) < 4.78 is 45.8. The van der Waals surface area contributed by atoms with Gasteiger partial charge in [-0.25, -0.2) is 18.1 Å². The van der Waals surface area contributed by atoms with Crippen LogP contribution in [0.15, 0.2) is 158 Å². The Morgan fingerprint density at radius 3 is 1.47 bits per heavy atom. The molecular weight excluding hydrogens is 1000 g/mol. The molecule has 408 valence electrons. The van der Waals surface area contributed by atoms with Crippen LogP contribution in [-0.4, -0.2) is 70.8 Å². The molecule has 2 unspecified atom stereocenters. The highest BCUT2D eigenvalue weighted by molar-refractivity contribution is 6.04. The van der Waals surface area contributed by atoms with Gasteiger partial charge < -0.3 is 42.6 Å². The average Bonchev–Trinajstić information content (AvgIpc) is 4.44. The van der Waals surface area contributed by atoms with Gasteiger partial charge in [-0.15, -0.1) is 0 Å². The Morgan fingerprint density at radius 1 is 0.595 bits per heavy atom. The van der Waals surface area contributed by atoms with E-state index in [0.717, 1.165) is 42.6 Å². The van der Waals surface area contributed by atoms with E-state index in [4.69, 9.17) is 26.7 Å². The molecule has 0 radical (unpaired) electrons. The molecule has 2 atom stereocenters. The van der Waals surface area contributed by atoms with Crippen molar-refractivity contribution in [3.8, 4) is 17.4 Å². The number of aryl methyl sites for hydroxylation is 2. The summed E-state index contributed by atoms with van der Waals surface area (Å²) in [7, 11) is 0. The van der Waals surface area contributed by atoms with Gasteiger partial charge in [0.15, 0.2) is 0 Å². The molecule has 15 nitrogen and oxygen atoms in total. The van der Waals surface area contributed by atoms with E-state index in [1.54, 1.807) is 79.2 Å². The van der Waals surface area contributed by atoms with Gasteiger partial charge in [-0.3, -0.25) is 9.59 Å². The molecule has 79 heavy (non-hydrogen) atoms. The van der Waals surface area contributed by atoms with Crippen molar-refractivity contribution in [2.75, 3.05) is 50.0 Å². The van der Waals surface area contributed by atoms with Crippen LogP contribution >= 0.6 is 0 Å². The third-order valence-corrected chi connectivity index (χ3v) is 13.1. The van der Waals surface area contributed by atoms with Gasteiger partial charge in [0.2, 0.25) is 0 Å². The Kier molecular flexibility index (Phi) is 20.1. The number of anilines is 2. The second-order valence-corrected chi connectivity index (χ2v) is 19.6. The number of rotatable bonds is 21. The Bertz CT molecular complexity index is 3330. The third-order valence-electron chi connectivity index (χ3n) is 13.1. The van der Waals surface area contributed by atoms with Crippen LogP contribution in [0.2, 0.25) is 0 Å². The molecule has 2 aromatic heterocycles. The predicted octanol–water partition coefficient (Wildman–Crippen LogP) is 10.0. The summed E-state index contributed by atoms with van der Waals surface area (Å²) in [5.74, 6) is -0.879. The Balaban J connectivity index is 0.000000186. The lowest BCUT2D eigenvalue weighted by atomic mass is 10.0. The first-order chi connectivity index (χ1) is 38.4. The number of benzene rings is 6. The summed E-state index contributed by atoms with van der Waals surface area (Å²) >= 11 is 0. The maximum absolute atomic E-state index is 15.2. The van der Waals surface area contributed by atoms with Crippen LogP contribution in [0.4, 0.5) is 20.2 Å². The number of hydrogen-bond donors (Lipinski definition) is 6. The summed E-state index contributed by atoms with van der Waals surface area (Å²) in [4.78, 5) is 26.3. The van der Waals surface area contributed by atoms with E-state index < -0.39 is 23.4 Å². The van der Waals surface area contributed by atoms with E-state index in [1.165, 1.54) is 29.7 Å². The fraction of sp³-hybridized carbons (Fsp3) is 0.274. The SMILES string of the molecule is Cc1cc(C(=O)Nc2ccc(C(OCC3CC3)c3ccccc3)cc2F)n(-c2cccc(C#N)c2)n1.Cc1cc(C(=O)Nc2ccc(C(OCC3CC3)c3ccccc3)cc2F)n(-c2cccc(CN)c2)n1.NCCNCCN. The zero-order chi connectivity index (χ0) is 55.7. The maximum atomic E-state index is 15.2. The molecule has 0 spiro atoms. The molecule has 2 aliphatic rings. The zero-order valence-electron chi connectivity index (χ0n) is 44.5. The molecular formula is C62H67F2N11O4. The van der Waals surface area contributed by atoms with Crippen LogP contribution in [0.25, 0.3) is 11.4 Å². The molecule has 2 amide bonds. The standard InChI is InChI=1S/C29H29FN4O2.C29H25FN4O2.C4H13N3/c2*1-19-14-27(34(33-19)24-9-5-6-21(15-24)17-31)29(35)32-26-13-12-23(16-25(26)30)28(36-18-20-10-11-20)22-7-3-2-4-8-22;5-1-3-7-4-2-6/h2-9,12-16,20,28H,10-11,17-18,31H2,1H3,(H,32,35);2-9,12-16,20,28H,10-11,18H2,1H3,(H,32,35);7H,1-6H2. The highest BCUT2D eigenvalue weighted by Gasteiger charge is 2.27. The fourth-order valence-corrected chi connectivity index (χ4v) is 8.59. The second-order valence-electron chi connectivity index (χ2n) is 19.6. The molecule has 6 aromatic carbocycles. The molecule has 2 heterocycles. The van der Waals surface area contributed by atoms with E-state index >= 15 is 8.78 Å². The molecule has 0 saturated heterocycles. The molecule has 9 N–H and O–H groups in total. The fourth-order valence-electron chi connectivity index (χ4n) is 8.59. The van der Waals surface area contributed by atoms with Gasteiger partial charge in [-0.2, -0.15) is 15.5 Å². The first-order valence-corrected chi connectivity index (χ1v) is 26.5. The van der Waals surface area contributed by atoms with Gasteiger partial charge >= 0.3 is 0 Å². The zero-order valence-corrected chi connectivity index (χ0v) is 44.5. The minimum atomic E-state index is -0.550. The molecule has 8 aromatic rings. The second kappa shape index (κ2) is 27.9. The first kappa shape index (κ1) is 57.0. The van der Waals surface area contributed by atoms with Gasteiger partial charge in [0.1, 0.15) is 35.2 Å². The van der Waals surface area contributed by atoms with Crippen LogP contribution in [0.3, 0.4) is 0 Å². The molecule has 10 rings (SSSR count). The van der Waals surface area contributed by atoms with Crippen LogP contribution in [0.5, 0.6) is 0 Å². The number of nitrogens with zero attached hydrogens (tertiary/aromatic N) is 5. The van der Waals surface area contributed by atoms with Gasteiger partial charge in [-0.05, 0) is 146 Å². The van der Waals surface area contributed by atoms with E-state index in [2.05, 4.69) is 32.2 Å². The summed E-state index contributed by atoms with van der Waals surface area (Å²) in [6, 6.07) is 48.8. The van der Waals surface area contributed by atoms with Crippen LogP contribution in [0.1, 0.15) is 104 Å². The van der Waals surface area contributed by atoms with E-state index in [0.29, 0.717) is 89.8 Å². The van der Waals surface area contributed by atoms with Crippen molar-refractivity contribution in [2.45, 2.75) is 58.3 Å². The number of aromatic nitrogens is 4. The van der Waals surface area contributed by atoms with Crippen molar-refractivity contribution >= 4 is 23.2 Å². The minimum absolute atomic E-state index is 0.0638. The normalized spacial score (nSPS) is 13.4. The molecule has 2 saturated carbocycles. The monoisotopic (exact) mass is 1070 g/mol. The molecule has 0 aliphatic heterocycles. The number of nitriles is 1. The molecule has 2 aliphatic carbocycles. The molecule has 0 bridgehead atoms. The third kappa shape index (κ3) is 16.0. The van der Waals surface area contributed by atoms with Gasteiger partial charge in [0.25, 0.3) is 11.8 Å². The summed E-state index contributed by atoms with van der Waals surface area (Å²) in [5.41, 5.74) is 24.1. The number of ether oxygens (including phenoxy) is 2. The first-order valence-electron chi connectivity index (χ1n) is 26.5. The van der Waals surface area contributed by atoms with Gasteiger partial charge in [0.05, 0.1) is 59.0 Å². The highest BCUT2D eigenvalue weighted by Crippen LogP contribution is 2.36. The number of nitrogens with two attached hydrogens (primary N) is 3. The van der Waals surface area contributed by atoms with Crippen LogP contribution in [0, 0.1) is 48.6 Å². The summed E-state index contributed by atoms with van der Waals surface area (Å²) in [5, 5.41) is 26.5. The van der Waals surface area contributed by atoms with Gasteiger partial charge in [-0.1, -0.05) is 91.0 Å². The quantitative estimate of drug-likeness (QED) is 0.0371. The number of amides is 2. The average molecular weight is 1070 g/mol. The van der Waals surface area contributed by atoms with Crippen molar-refractivity contribution in [1.82, 2.24) is 24.9 Å². The van der Waals surface area contributed by atoms with Crippen molar-refractivity contribution < 1.29 is 27.8 Å². The van der Waals surface area contributed by atoms with Crippen molar-refractivity contribution in [3.63, 3.8) is 0 Å². The summed E-state index contributed by atoms with van der Waals surface area (Å²) in [6.45, 7) is 8.36. The number of nitrogens with one attached hydrogen (secondary N) is 3. The maximum Gasteiger partial charge on any atom is 0.274 e. The predicted molar refractivity (Wildman–Crippen MR) is 303 cm³/mol. The van der Waals surface area contributed by atoms with E-state index in [9.17, 15) is 14.9 Å². The Morgan fingerprint density at radius 2 is 1.05 bits per heavy atom. The number of hydrogen-bond acceptors (Lipinski definition) is 11.